The van der Waals surface area contributed by atoms with Gasteiger partial charge in [0.25, 0.3) is 5.91 Å². The maximum Gasteiger partial charge on any atom is 0.255 e. The number of amides is 1. The fraction of sp³-hybridized carbons (Fsp3) is 0.286. The van der Waals surface area contributed by atoms with E-state index in [-0.39, 0.29) is 5.91 Å². The molecule has 2 aromatic heterocycles. The van der Waals surface area contributed by atoms with Crippen molar-refractivity contribution in [3.63, 3.8) is 0 Å². The normalized spacial score (nSPS) is 10.9. The number of pyridine rings is 1. The zero-order valence-corrected chi connectivity index (χ0v) is 15.8. The fourth-order valence-electron chi connectivity index (χ4n) is 2.93. The highest BCUT2D eigenvalue weighted by atomic mass is 16.1. The Bertz CT molecular complexity index is 857. The van der Waals surface area contributed by atoms with Crippen LogP contribution in [-0.4, -0.2) is 51.8 Å². The molecule has 2 heterocycles. The van der Waals surface area contributed by atoms with Gasteiger partial charge in [0.05, 0.1) is 11.3 Å². The van der Waals surface area contributed by atoms with Gasteiger partial charge in [-0.3, -0.25) is 9.78 Å². The molecule has 0 fully saturated rings. The number of benzene rings is 1. The summed E-state index contributed by atoms with van der Waals surface area (Å²) < 4.78 is 1.74. The van der Waals surface area contributed by atoms with Gasteiger partial charge >= 0.3 is 0 Å². The van der Waals surface area contributed by atoms with Crippen LogP contribution < -0.4 is 5.32 Å². The number of hydrogen-bond acceptors (Lipinski definition) is 4. The van der Waals surface area contributed by atoms with Gasteiger partial charge < -0.3 is 10.2 Å². The minimum Gasteiger partial charge on any atom is -0.351 e. The summed E-state index contributed by atoms with van der Waals surface area (Å²) in [5, 5.41) is 7.67. The lowest BCUT2D eigenvalue weighted by atomic mass is 10.1. The van der Waals surface area contributed by atoms with E-state index in [1.54, 1.807) is 23.3 Å². The van der Waals surface area contributed by atoms with Crippen molar-refractivity contribution in [1.82, 2.24) is 25.0 Å². The van der Waals surface area contributed by atoms with Crippen molar-refractivity contribution < 1.29 is 4.79 Å². The molecule has 0 aliphatic carbocycles. The van der Waals surface area contributed by atoms with E-state index >= 15 is 0 Å². The highest BCUT2D eigenvalue weighted by molar-refractivity contribution is 5.99. The first-order valence-electron chi connectivity index (χ1n) is 9.29. The molecule has 6 heteroatoms. The lowest BCUT2D eigenvalue weighted by molar-refractivity contribution is 0.0949. The van der Waals surface area contributed by atoms with Crippen molar-refractivity contribution in [1.29, 1.82) is 0 Å². The highest BCUT2D eigenvalue weighted by Gasteiger charge is 2.18. The molecule has 3 aromatic rings. The first kappa shape index (κ1) is 18.8. The van der Waals surface area contributed by atoms with E-state index in [2.05, 4.69) is 34.1 Å². The van der Waals surface area contributed by atoms with E-state index in [0.29, 0.717) is 17.8 Å². The smallest absolute Gasteiger partial charge is 0.255 e. The Balaban J connectivity index is 1.86. The minimum atomic E-state index is -0.122. The van der Waals surface area contributed by atoms with Gasteiger partial charge in [0.15, 0.2) is 0 Å². The van der Waals surface area contributed by atoms with Gasteiger partial charge in [-0.15, -0.1) is 0 Å². The van der Waals surface area contributed by atoms with Gasteiger partial charge in [0.1, 0.15) is 5.69 Å². The number of rotatable bonds is 8. The van der Waals surface area contributed by atoms with Crippen LogP contribution >= 0.6 is 0 Å². The summed E-state index contributed by atoms with van der Waals surface area (Å²) in [6.07, 6.45) is 5.22. The molecule has 1 N–H and O–H groups in total. The van der Waals surface area contributed by atoms with Crippen molar-refractivity contribution in [2.24, 2.45) is 0 Å². The Morgan fingerprint density at radius 1 is 1.11 bits per heavy atom. The monoisotopic (exact) mass is 363 g/mol. The second-order valence-corrected chi connectivity index (χ2v) is 6.20. The van der Waals surface area contributed by atoms with Crippen molar-refractivity contribution >= 4 is 5.91 Å². The zero-order valence-electron chi connectivity index (χ0n) is 15.8. The topological polar surface area (TPSA) is 63.1 Å². The molecular weight excluding hydrogens is 338 g/mol. The number of para-hydroxylation sites is 1. The number of hydrogen-bond donors (Lipinski definition) is 1. The van der Waals surface area contributed by atoms with Gasteiger partial charge in [-0.2, -0.15) is 5.10 Å². The maximum atomic E-state index is 12.8. The van der Waals surface area contributed by atoms with Crippen molar-refractivity contribution in [3.8, 4) is 16.9 Å². The summed E-state index contributed by atoms with van der Waals surface area (Å²) in [5.41, 5.74) is 2.91. The largest absolute Gasteiger partial charge is 0.351 e. The summed E-state index contributed by atoms with van der Waals surface area (Å²) in [4.78, 5) is 19.3. The first-order valence-corrected chi connectivity index (χ1v) is 9.29. The Kier molecular flexibility index (Phi) is 6.33. The van der Waals surface area contributed by atoms with Crippen molar-refractivity contribution in [3.05, 3.63) is 66.6 Å². The third-order valence-corrected chi connectivity index (χ3v) is 4.52. The average molecular weight is 363 g/mol. The predicted octanol–water partition coefficient (Wildman–Crippen LogP) is 3.01. The van der Waals surface area contributed by atoms with Crippen LogP contribution in [0.15, 0.2) is 61.1 Å². The number of nitrogens with one attached hydrogen (secondary N) is 1. The maximum absolute atomic E-state index is 12.8. The Labute approximate surface area is 159 Å². The Morgan fingerprint density at radius 3 is 2.56 bits per heavy atom. The lowest BCUT2D eigenvalue weighted by Gasteiger charge is -2.17. The number of aromatic nitrogens is 3. The zero-order chi connectivity index (χ0) is 19.1. The summed E-state index contributed by atoms with van der Waals surface area (Å²) in [7, 11) is 0. The predicted molar refractivity (Wildman–Crippen MR) is 107 cm³/mol. The van der Waals surface area contributed by atoms with Crippen molar-refractivity contribution in [2.45, 2.75) is 13.8 Å². The van der Waals surface area contributed by atoms with Crippen LogP contribution in [0.5, 0.6) is 0 Å². The van der Waals surface area contributed by atoms with Crippen LogP contribution in [0.4, 0.5) is 0 Å². The molecule has 0 spiro atoms. The Morgan fingerprint density at radius 2 is 1.89 bits per heavy atom. The van der Waals surface area contributed by atoms with Gasteiger partial charge in [-0.25, -0.2) is 4.68 Å². The van der Waals surface area contributed by atoms with E-state index in [1.165, 1.54) is 0 Å². The van der Waals surface area contributed by atoms with Gasteiger partial charge in [-0.1, -0.05) is 32.0 Å². The van der Waals surface area contributed by atoms with Crippen molar-refractivity contribution in [2.75, 3.05) is 26.2 Å². The number of nitrogens with zero attached hydrogens (tertiary/aromatic N) is 4. The molecule has 0 bridgehead atoms. The van der Waals surface area contributed by atoms with E-state index < -0.39 is 0 Å². The molecule has 0 unspecified atom stereocenters. The highest BCUT2D eigenvalue weighted by Crippen LogP contribution is 2.23. The summed E-state index contributed by atoms with van der Waals surface area (Å²) in [5.74, 6) is -0.122. The molecule has 0 aliphatic rings. The van der Waals surface area contributed by atoms with Crippen LogP contribution in [0.3, 0.4) is 0 Å². The lowest BCUT2D eigenvalue weighted by Crippen LogP contribution is -2.34. The third-order valence-electron chi connectivity index (χ3n) is 4.52. The standard InChI is InChI=1S/C21H25N5O/c1-3-25(4-2)14-13-23-21(27)19-16-26(18-10-6-5-7-11-18)24-20(19)17-9-8-12-22-15-17/h5-12,15-16H,3-4,13-14H2,1-2H3,(H,23,27). The van der Waals surface area contributed by atoms with Crippen LogP contribution in [0.2, 0.25) is 0 Å². The van der Waals surface area contributed by atoms with E-state index in [0.717, 1.165) is 30.9 Å². The van der Waals surface area contributed by atoms with Crippen LogP contribution in [0.25, 0.3) is 16.9 Å². The van der Waals surface area contributed by atoms with Crippen LogP contribution in [0.1, 0.15) is 24.2 Å². The number of likely N-dealkylation sites (N-methyl/N-ethyl adjacent to an activating group) is 1. The van der Waals surface area contributed by atoms with E-state index in [1.807, 2.05) is 42.5 Å². The molecule has 140 valence electrons. The van der Waals surface area contributed by atoms with Gasteiger partial charge in [0, 0.05) is 37.2 Å². The molecule has 3 rings (SSSR count). The first-order chi connectivity index (χ1) is 13.2. The quantitative estimate of drug-likeness (QED) is 0.668. The summed E-state index contributed by atoms with van der Waals surface area (Å²) in [6, 6.07) is 13.5. The van der Waals surface area contributed by atoms with Gasteiger partial charge in [-0.05, 0) is 37.4 Å². The Hall–Kier alpha value is -2.99. The molecule has 27 heavy (non-hydrogen) atoms. The molecule has 0 atom stereocenters. The molecule has 1 aromatic carbocycles. The molecule has 6 nitrogen and oxygen atoms in total. The van der Waals surface area contributed by atoms with Gasteiger partial charge in [0.2, 0.25) is 0 Å². The second-order valence-electron chi connectivity index (χ2n) is 6.20. The fourth-order valence-corrected chi connectivity index (χ4v) is 2.93. The number of carbonyl (C=O) groups is 1. The molecular formula is C21H25N5O. The average Bonchev–Trinajstić information content (AvgIpc) is 3.18. The van der Waals surface area contributed by atoms with Crippen LogP contribution in [0, 0.1) is 0 Å². The molecule has 0 aliphatic heterocycles. The summed E-state index contributed by atoms with van der Waals surface area (Å²) >= 11 is 0. The van der Waals surface area contributed by atoms with E-state index in [4.69, 9.17) is 0 Å². The minimum absolute atomic E-state index is 0.122. The SMILES string of the molecule is CCN(CC)CCNC(=O)c1cn(-c2ccccc2)nc1-c1cccnc1. The summed E-state index contributed by atoms with van der Waals surface area (Å²) in [6.45, 7) is 7.61. The third kappa shape index (κ3) is 4.60. The van der Waals surface area contributed by atoms with E-state index in [9.17, 15) is 4.79 Å². The number of carbonyl (C=O) groups excluding carboxylic acids is 1. The molecule has 0 saturated heterocycles. The molecule has 0 saturated carbocycles. The second kappa shape index (κ2) is 9.09. The molecule has 0 radical (unpaired) electrons. The van der Waals surface area contributed by atoms with Crippen LogP contribution in [-0.2, 0) is 0 Å². The molecule has 1 amide bonds.